The van der Waals surface area contributed by atoms with Gasteiger partial charge in [0.15, 0.2) is 0 Å². The maximum Gasteiger partial charge on any atom is 0.307 e. The van der Waals surface area contributed by atoms with Crippen LogP contribution in [0.5, 0.6) is 0 Å². The number of rotatable bonds is 22. The Morgan fingerprint density at radius 2 is 1.07 bits per heavy atom. The SMILES string of the molecule is CCCCCCCCCCCC(CC(=O)O)OC(=O)CCCCCCCCCC. The van der Waals surface area contributed by atoms with Crippen molar-refractivity contribution in [3.05, 3.63) is 0 Å². The highest BCUT2D eigenvalue weighted by molar-refractivity contribution is 5.71. The fourth-order valence-corrected chi connectivity index (χ4v) is 3.73. The highest BCUT2D eigenvalue weighted by Gasteiger charge is 2.17. The number of aliphatic carboxylic acids is 1. The Hall–Kier alpha value is -1.06. The fraction of sp³-hybridized carbons (Fsp3) is 0.920. The van der Waals surface area contributed by atoms with Crippen LogP contribution in [0.3, 0.4) is 0 Å². The molecule has 0 amide bonds. The number of carboxylic acids is 1. The predicted octanol–water partition coefficient (Wildman–Crippen LogP) is 7.82. The molecule has 1 N–H and O–H groups in total. The average Bonchev–Trinajstić information content (AvgIpc) is 2.68. The second-order valence-corrected chi connectivity index (χ2v) is 8.55. The van der Waals surface area contributed by atoms with E-state index in [0.717, 1.165) is 25.7 Å². The summed E-state index contributed by atoms with van der Waals surface area (Å²) in [5.74, 6) is -1.11. The molecule has 0 spiro atoms. The molecule has 172 valence electrons. The van der Waals surface area contributed by atoms with E-state index >= 15 is 0 Å². The first-order chi connectivity index (χ1) is 14.1. The molecule has 0 aliphatic rings. The minimum absolute atomic E-state index is 0.0693. The van der Waals surface area contributed by atoms with Gasteiger partial charge < -0.3 is 9.84 Å². The summed E-state index contributed by atoms with van der Waals surface area (Å²) in [4.78, 5) is 23.1. The van der Waals surface area contributed by atoms with Crippen molar-refractivity contribution in [3.8, 4) is 0 Å². The zero-order chi connectivity index (χ0) is 21.6. The van der Waals surface area contributed by atoms with E-state index in [1.165, 1.54) is 83.5 Å². The van der Waals surface area contributed by atoms with Gasteiger partial charge in [0.25, 0.3) is 0 Å². The summed E-state index contributed by atoms with van der Waals surface area (Å²) in [6.45, 7) is 4.45. The van der Waals surface area contributed by atoms with E-state index in [1.807, 2.05) is 0 Å². The molecule has 0 rings (SSSR count). The summed E-state index contributed by atoms with van der Waals surface area (Å²) in [6, 6.07) is 0. The van der Waals surface area contributed by atoms with Gasteiger partial charge in [-0.15, -0.1) is 0 Å². The van der Waals surface area contributed by atoms with E-state index in [0.29, 0.717) is 12.8 Å². The van der Waals surface area contributed by atoms with E-state index in [9.17, 15) is 9.59 Å². The van der Waals surface area contributed by atoms with E-state index in [-0.39, 0.29) is 12.4 Å². The first kappa shape index (κ1) is 27.9. The normalized spacial score (nSPS) is 12.1. The minimum Gasteiger partial charge on any atom is -0.481 e. The highest BCUT2D eigenvalue weighted by Crippen LogP contribution is 2.16. The van der Waals surface area contributed by atoms with Gasteiger partial charge >= 0.3 is 11.9 Å². The quantitative estimate of drug-likeness (QED) is 0.145. The van der Waals surface area contributed by atoms with Crippen molar-refractivity contribution in [1.29, 1.82) is 0 Å². The Bertz CT molecular complexity index is 381. The molecule has 0 fully saturated rings. The van der Waals surface area contributed by atoms with Crippen molar-refractivity contribution in [1.82, 2.24) is 0 Å². The van der Waals surface area contributed by atoms with Gasteiger partial charge in [0, 0.05) is 6.42 Å². The molecule has 0 bridgehead atoms. The standard InChI is InChI=1S/C25H48O4/c1-3-5-7-9-11-13-14-16-18-20-23(22-24(26)27)29-25(28)21-19-17-15-12-10-8-6-4-2/h23H,3-22H2,1-2H3,(H,26,27). The van der Waals surface area contributed by atoms with Crippen LogP contribution in [-0.4, -0.2) is 23.1 Å². The van der Waals surface area contributed by atoms with Crippen LogP contribution in [0.2, 0.25) is 0 Å². The summed E-state index contributed by atoms with van der Waals surface area (Å²) in [6.07, 6.45) is 21.1. The number of esters is 1. The lowest BCUT2D eigenvalue weighted by molar-refractivity contribution is -0.153. The van der Waals surface area contributed by atoms with Gasteiger partial charge in [0.05, 0.1) is 6.42 Å². The molecule has 0 aromatic rings. The summed E-state index contributed by atoms with van der Waals surface area (Å²) < 4.78 is 5.47. The first-order valence-corrected chi connectivity index (χ1v) is 12.5. The van der Waals surface area contributed by atoms with Crippen molar-refractivity contribution in [3.63, 3.8) is 0 Å². The Morgan fingerprint density at radius 3 is 1.52 bits per heavy atom. The topological polar surface area (TPSA) is 63.6 Å². The lowest BCUT2D eigenvalue weighted by Gasteiger charge is -2.16. The van der Waals surface area contributed by atoms with Crippen LogP contribution in [0.1, 0.15) is 142 Å². The third-order valence-electron chi connectivity index (χ3n) is 5.56. The Kier molecular flexibility index (Phi) is 20.9. The molecule has 0 aliphatic heterocycles. The lowest BCUT2D eigenvalue weighted by atomic mass is 10.0. The predicted molar refractivity (Wildman–Crippen MR) is 121 cm³/mol. The number of carbonyl (C=O) groups excluding carboxylic acids is 1. The third kappa shape index (κ3) is 21.5. The van der Waals surface area contributed by atoms with Crippen LogP contribution in [-0.2, 0) is 14.3 Å². The maximum atomic E-state index is 12.1. The second kappa shape index (κ2) is 21.6. The van der Waals surface area contributed by atoms with Crippen molar-refractivity contribution >= 4 is 11.9 Å². The van der Waals surface area contributed by atoms with Gasteiger partial charge in [0.2, 0.25) is 0 Å². The van der Waals surface area contributed by atoms with Gasteiger partial charge in [-0.05, 0) is 19.3 Å². The third-order valence-corrected chi connectivity index (χ3v) is 5.56. The maximum absolute atomic E-state index is 12.1. The van der Waals surface area contributed by atoms with Crippen molar-refractivity contribution < 1.29 is 19.4 Å². The monoisotopic (exact) mass is 412 g/mol. The van der Waals surface area contributed by atoms with E-state index < -0.39 is 12.1 Å². The molecule has 0 saturated carbocycles. The number of carboxylic acid groups (broad SMARTS) is 1. The summed E-state index contributed by atoms with van der Waals surface area (Å²) in [5.41, 5.74) is 0. The highest BCUT2D eigenvalue weighted by atomic mass is 16.5. The smallest absolute Gasteiger partial charge is 0.307 e. The largest absolute Gasteiger partial charge is 0.481 e. The van der Waals surface area contributed by atoms with Gasteiger partial charge in [-0.3, -0.25) is 9.59 Å². The van der Waals surface area contributed by atoms with Crippen LogP contribution in [0.25, 0.3) is 0 Å². The summed E-state index contributed by atoms with van der Waals surface area (Å²) in [7, 11) is 0. The molecule has 4 nitrogen and oxygen atoms in total. The van der Waals surface area contributed by atoms with E-state index in [2.05, 4.69) is 13.8 Å². The molecular weight excluding hydrogens is 364 g/mol. The average molecular weight is 413 g/mol. The number of ether oxygens (including phenoxy) is 1. The van der Waals surface area contributed by atoms with Crippen LogP contribution in [0.4, 0.5) is 0 Å². The van der Waals surface area contributed by atoms with Crippen LogP contribution >= 0.6 is 0 Å². The van der Waals surface area contributed by atoms with Crippen molar-refractivity contribution in [2.24, 2.45) is 0 Å². The van der Waals surface area contributed by atoms with Gasteiger partial charge in [-0.25, -0.2) is 0 Å². The molecule has 0 aromatic heterocycles. The Labute approximate surface area is 180 Å². The van der Waals surface area contributed by atoms with Crippen LogP contribution in [0.15, 0.2) is 0 Å². The first-order valence-electron chi connectivity index (χ1n) is 12.5. The molecule has 0 aromatic carbocycles. The van der Waals surface area contributed by atoms with Crippen LogP contribution in [0, 0.1) is 0 Å². The zero-order valence-electron chi connectivity index (χ0n) is 19.4. The number of hydrogen-bond donors (Lipinski definition) is 1. The van der Waals surface area contributed by atoms with Crippen molar-refractivity contribution in [2.75, 3.05) is 0 Å². The number of hydrogen-bond acceptors (Lipinski definition) is 3. The van der Waals surface area contributed by atoms with Crippen molar-refractivity contribution in [2.45, 2.75) is 148 Å². The second-order valence-electron chi connectivity index (χ2n) is 8.55. The Morgan fingerprint density at radius 1 is 0.655 bits per heavy atom. The molecule has 0 aliphatic carbocycles. The molecule has 1 atom stereocenters. The number of carbonyl (C=O) groups is 2. The van der Waals surface area contributed by atoms with E-state index in [4.69, 9.17) is 9.84 Å². The summed E-state index contributed by atoms with van der Waals surface area (Å²) >= 11 is 0. The fourth-order valence-electron chi connectivity index (χ4n) is 3.73. The lowest BCUT2D eigenvalue weighted by Crippen LogP contribution is -2.21. The molecule has 0 saturated heterocycles. The van der Waals surface area contributed by atoms with Gasteiger partial charge in [-0.2, -0.15) is 0 Å². The van der Waals surface area contributed by atoms with E-state index in [1.54, 1.807) is 0 Å². The Balaban J connectivity index is 3.77. The zero-order valence-corrected chi connectivity index (χ0v) is 19.4. The molecule has 1 unspecified atom stereocenters. The minimum atomic E-state index is -0.884. The molecule has 29 heavy (non-hydrogen) atoms. The van der Waals surface area contributed by atoms with Gasteiger partial charge in [0.1, 0.15) is 6.10 Å². The molecular formula is C25H48O4. The molecule has 0 heterocycles. The van der Waals surface area contributed by atoms with Gasteiger partial charge in [-0.1, -0.05) is 110 Å². The number of unbranched alkanes of at least 4 members (excludes halogenated alkanes) is 15. The molecule has 0 radical (unpaired) electrons. The molecule has 4 heteroatoms. The van der Waals surface area contributed by atoms with Crippen LogP contribution < -0.4 is 0 Å². The summed E-state index contributed by atoms with van der Waals surface area (Å²) in [5, 5.41) is 9.08.